The van der Waals surface area contributed by atoms with Gasteiger partial charge in [0.15, 0.2) is 5.91 Å². The third kappa shape index (κ3) is 4.18. The van der Waals surface area contributed by atoms with Gasteiger partial charge in [-0.1, -0.05) is 44.2 Å². The predicted octanol–water partition coefficient (Wildman–Crippen LogP) is 2.78. The fourth-order valence-corrected chi connectivity index (χ4v) is 2.21. The molecule has 4 heteroatoms. The van der Waals surface area contributed by atoms with Crippen molar-refractivity contribution in [1.82, 2.24) is 4.90 Å². The van der Waals surface area contributed by atoms with Gasteiger partial charge < -0.3 is 4.90 Å². The minimum atomic E-state index is 0. The van der Waals surface area contributed by atoms with Gasteiger partial charge in [0, 0.05) is 31.3 Å². The van der Waals surface area contributed by atoms with Crippen LogP contribution in [-0.4, -0.2) is 29.7 Å². The van der Waals surface area contributed by atoms with Crippen molar-refractivity contribution in [2.45, 2.75) is 32.7 Å². The summed E-state index contributed by atoms with van der Waals surface area (Å²) in [6.45, 7) is 6.26. The Hall–Kier alpha value is -0.193. The molecule has 2 rings (SSSR count). The van der Waals surface area contributed by atoms with E-state index in [1.807, 2.05) is 29.6 Å². The first-order chi connectivity index (χ1) is 7.68. The number of carbonyl (C=O) groups excluding carboxylic acids is 1. The van der Waals surface area contributed by atoms with Crippen molar-refractivity contribution in [2.75, 3.05) is 0 Å². The second-order valence-electron chi connectivity index (χ2n) is 4.66. The normalized spacial score (nSPS) is 18.5. The first-order valence-corrected chi connectivity index (χ1v) is 5.89. The second-order valence-corrected chi connectivity index (χ2v) is 4.66. The molecule has 0 spiro atoms. The van der Waals surface area contributed by atoms with Crippen molar-refractivity contribution < 1.29 is 21.9 Å². The van der Waals surface area contributed by atoms with Gasteiger partial charge in [0.05, 0.1) is 0 Å². The molecule has 18 heavy (non-hydrogen) atoms. The van der Waals surface area contributed by atoms with E-state index in [2.05, 4.69) is 26.0 Å². The minimum absolute atomic E-state index is 0. The van der Waals surface area contributed by atoms with E-state index in [0.717, 1.165) is 6.42 Å². The van der Waals surface area contributed by atoms with Crippen molar-refractivity contribution in [2.24, 2.45) is 5.92 Å². The maximum Gasteiger partial charge on any atom is 1.00 e. The van der Waals surface area contributed by atoms with E-state index in [4.69, 9.17) is 0 Å². The van der Waals surface area contributed by atoms with Crippen molar-refractivity contribution in [1.29, 1.82) is 0 Å². The zero-order valence-electron chi connectivity index (χ0n) is 11.2. The number of benzene rings is 1. The predicted molar refractivity (Wildman–Crippen MR) is 70.2 cm³/mol. The molecule has 1 radical (unpaired) electrons. The van der Waals surface area contributed by atoms with Crippen LogP contribution in [0.2, 0.25) is 0 Å². The van der Waals surface area contributed by atoms with Gasteiger partial charge >= 0.3 is 17.1 Å². The molecular formula is C14H18CuLiNO. The van der Waals surface area contributed by atoms with Crippen molar-refractivity contribution in [3.8, 4) is 0 Å². The molecule has 1 heterocycles. The number of likely N-dealkylation sites (tertiary alicyclic amines) is 1. The van der Waals surface area contributed by atoms with Crippen LogP contribution in [0.5, 0.6) is 0 Å². The third-order valence-electron chi connectivity index (χ3n) is 2.90. The molecular weight excluding hydrogens is 269 g/mol. The topological polar surface area (TPSA) is 20.3 Å². The molecule has 97 valence electrons. The minimum Gasteiger partial charge on any atom is -0.487 e. The van der Waals surface area contributed by atoms with E-state index in [0.29, 0.717) is 12.3 Å². The second kappa shape index (κ2) is 8.07. The first-order valence-electron chi connectivity index (χ1n) is 5.89. The van der Waals surface area contributed by atoms with Gasteiger partial charge in [-0.2, -0.15) is 5.92 Å². The number of rotatable bonds is 3. The quantitative estimate of drug-likeness (QED) is 0.618. The van der Waals surface area contributed by atoms with Crippen LogP contribution in [0.25, 0.3) is 0 Å². The Morgan fingerprint density at radius 2 is 1.89 bits per heavy atom. The molecule has 0 aromatic heterocycles. The first kappa shape index (κ1) is 17.8. The maximum atomic E-state index is 11.8. The molecule has 0 saturated carbocycles. The number of amides is 1. The Morgan fingerprint density at radius 3 is 2.44 bits per heavy atom. The van der Waals surface area contributed by atoms with E-state index >= 15 is 0 Å². The van der Waals surface area contributed by atoms with E-state index in [9.17, 15) is 4.79 Å². The SMILES string of the molecule is CC(C)[CH-]N1C(=O)CC[C@@H]1c1ccccc1.[Cu+].[Li]. The van der Waals surface area contributed by atoms with Crippen LogP contribution >= 0.6 is 0 Å². The summed E-state index contributed by atoms with van der Waals surface area (Å²) in [6, 6.07) is 10.5. The summed E-state index contributed by atoms with van der Waals surface area (Å²) >= 11 is 0. The van der Waals surface area contributed by atoms with Crippen LogP contribution in [0.3, 0.4) is 0 Å². The van der Waals surface area contributed by atoms with E-state index in [1.165, 1.54) is 5.56 Å². The molecule has 1 saturated heterocycles. The Kier molecular flexibility index (Phi) is 7.99. The standard InChI is InChI=1S/C14H18NO.Cu.Li/c1-11(2)10-15-13(8-9-14(15)16)12-6-4-3-5-7-12;;/h3-7,10-11,13H,8-9H2,1-2H3;;/q-1;+1;/t13-;;/m1../s1. The number of hydrogen-bond donors (Lipinski definition) is 0. The Morgan fingerprint density at radius 1 is 1.28 bits per heavy atom. The zero-order valence-corrected chi connectivity index (χ0v) is 12.1. The molecule has 2 nitrogen and oxygen atoms in total. The van der Waals surface area contributed by atoms with Crippen molar-refractivity contribution in [3.05, 3.63) is 42.4 Å². The summed E-state index contributed by atoms with van der Waals surface area (Å²) in [5, 5.41) is 0. The molecule has 1 amide bonds. The largest absolute Gasteiger partial charge is 1.00 e. The summed E-state index contributed by atoms with van der Waals surface area (Å²) in [6.07, 6.45) is 1.61. The van der Waals surface area contributed by atoms with Crippen LogP contribution in [0.4, 0.5) is 0 Å². The number of carbonyl (C=O) groups is 1. The molecule has 0 aliphatic carbocycles. The van der Waals surface area contributed by atoms with Gasteiger partial charge in [-0.25, -0.2) is 6.54 Å². The molecule has 0 N–H and O–H groups in total. The maximum absolute atomic E-state index is 11.8. The molecule has 1 aromatic carbocycles. The van der Waals surface area contributed by atoms with Crippen LogP contribution in [0.1, 0.15) is 38.3 Å². The van der Waals surface area contributed by atoms with Gasteiger partial charge in [0.1, 0.15) is 0 Å². The molecule has 1 aliphatic rings. The molecule has 1 fully saturated rings. The van der Waals surface area contributed by atoms with Gasteiger partial charge in [0.25, 0.3) is 0 Å². The Labute approximate surface area is 132 Å². The molecule has 1 atom stereocenters. The average molecular weight is 287 g/mol. The molecule has 0 bridgehead atoms. The number of hydrogen-bond acceptors (Lipinski definition) is 1. The summed E-state index contributed by atoms with van der Waals surface area (Å²) in [7, 11) is 0. The Balaban J connectivity index is 0.00000144. The van der Waals surface area contributed by atoms with E-state index < -0.39 is 0 Å². The average Bonchev–Trinajstić information content (AvgIpc) is 2.61. The van der Waals surface area contributed by atoms with Gasteiger partial charge in [-0.05, 0) is 12.0 Å². The van der Waals surface area contributed by atoms with E-state index in [-0.39, 0.29) is 47.9 Å². The van der Waals surface area contributed by atoms with Crippen LogP contribution in [-0.2, 0) is 21.9 Å². The molecule has 1 aromatic rings. The summed E-state index contributed by atoms with van der Waals surface area (Å²) in [4.78, 5) is 13.7. The van der Waals surface area contributed by atoms with E-state index in [1.54, 1.807) is 0 Å². The Bertz CT molecular complexity index is 369. The molecule has 1 aliphatic heterocycles. The monoisotopic (exact) mass is 286 g/mol. The van der Waals surface area contributed by atoms with Gasteiger partial charge in [0.2, 0.25) is 0 Å². The van der Waals surface area contributed by atoms with Gasteiger partial charge in [-0.3, -0.25) is 4.79 Å². The van der Waals surface area contributed by atoms with Crippen LogP contribution in [0.15, 0.2) is 30.3 Å². The van der Waals surface area contributed by atoms with Crippen molar-refractivity contribution in [3.63, 3.8) is 0 Å². The van der Waals surface area contributed by atoms with Crippen LogP contribution < -0.4 is 0 Å². The summed E-state index contributed by atoms with van der Waals surface area (Å²) in [5.41, 5.74) is 1.24. The summed E-state index contributed by atoms with van der Waals surface area (Å²) < 4.78 is 0. The zero-order chi connectivity index (χ0) is 11.5. The van der Waals surface area contributed by atoms with Gasteiger partial charge in [-0.15, -0.1) is 0 Å². The number of nitrogens with zero attached hydrogens (tertiary/aromatic N) is 1. The summed E-state index contributed by atoms with van der Waals surface area (Å²) in [5.74, 6) is 0.663. The third-order valence-corrected chi connectivity index (χ3v) is 2.90. The smallest absolute Gasteiger partial charge is 0.487 e. The fraction of sp³-hybridized carbons (Fsp3) is 0.429. The van der Waals surface area contributed by atoms with Crippen LogP contribution in [0, 0.1) is 12.5 Å². The molecule has 0 unspecified atom stereocenters. The van der Waals surface area contributed by atoms with Crippen molar-refractivity contribution >= 4 is 24.8 Å². The fourth-order valence-electron chi connectivity index (χ4n) is 2.21.